The van der Waals surface area contributed by atoms with E-state index < -0.39 is 8.24 Å². The van der Waals surface area contributed by atoms with E-state index in [1.807, 2.05) is 22.8 Å². The lowest BCUT2D eigenvalue weighted by Gasteiger charge is -2.40. The Morgan fingerprint density at radius 2 is 1.42 bits per heavy atom. The largest absolute Gasteiger partial charge is 0.361 e. The van der Waals surface area contributed by atoms with Crippen molar-refractivity contribution in [2.24, 2.45) is 0 Å². The first-order valence-electron chi connectivity index (χ1n) is 6.40. The fourth-order valence-corrected chi connectivity index (χ4v) is 6.15. The molecule has 0 aliphatic heterocycles. The molecule has 0 fully saturated rings. The molecule has 0 aliphatic rings. The lowest BCUT2D eigenvalue weighted by molar-refractivity contribution is -0.122. The van der Waals surface area contributed by atoms with Crippen LogP contribution in [-0.4, -0.2) is 25.3 Å². The summed E-state index contributed by atoms with van der Waals surface area (Å²) in [5.74, 6) is -0.00267. The van der Waals surface area contributed by atoms with Gasteiger partial charge in [-0.05, 0) is 25.1 Å². The van der Waals surface area contributed by atoms with Gasteiger partial charge in [0.25, 0.3) is 0 Å². The van der Waals surface area contributed by atoms with E-state index in [0.717, 1.165) is 18.1 Å². The van der Waals surface area contributed by atoms with Crippen molar-refractivity contribution in [3.63, 3.8) is 0 Å². The second-order valence-corrected chi connectivity index (χ2v) is 8.90. The second-order valence-electron chi connectivity index (χ2n) is 4.69. The standard InChI is InChI=1S/C16H25NOSi/c1-7-11-17(16(18)15(5)6)19(12-8-2,13-9-3)14-10-4/h7-10H,1-5,11-14H2,6H3. The Morgan fingerprint density at radius 1 is 1.00 bits per heavy atom. The molecule has 19 heavy (non-hydrogen) atoms. The van der Waals surface area contributed by atoms with E-state index >= 15 is 0 Å². The molecule has 0 saturated carbocycles. The first-order chi connectivity index (χ1) is 8.98. The molecule has 3 heteroatoms. The zero-order valence-corrected chi connectivity index (χ0v) is 13.0. The first-order valence-corrected chi connectivity index (χ1v) is 8.97. The van der Waals surface area contributed by atoms with Crippen molar-refractivity contribution >= 4 is 14.1 Å². The highest BCUT2D eigenvalue weighted by Crippen LogP contribution is 2.28. The molecular formula is C16H25NOSi. The summed E-state index contributed by atoms with van der Waals surface area (Å²) in [6.45, 7) is 21.3. The summed E-state index contributed by atoms with van der Waals surface area (Å²) in [5.41, 5.74) is 0.552. The minimum atomic E-state index is -2.07. The smallest absolute Gasteiger partial charge is 0.241 e. The minimum Gasteiger partial charge on any atom is -0.361 e. The molecule has 2 nitrogen and oxygen atoms in total. The van der Waals surface area contributed by atoms with Crippen molar-refractivity contribution in [3.8, 4) is 0 Å². The van der Waals surface area contributed by atoms with Crippen LogP contribution in [0, 0.1) is 0 Å². The molecule has 1 amide bonds. The summed E-state index contributed by atoms with van der Waals surface area (Å²) in [4.78, 5) is 12.4. The van der Waals surface area contributed by atoms with E-state index in [1.165, 1.54) is 0 Å². The molecular weight excluding hydrogens is 250 g/mol. The summed E-state index contributed by atoms with van der Waals surface area (Å²) in [6, 6.07) is 2.45. The predicted octanol–water partition coefficient (Wildman–Crippen LogP) is 4.08. The Morgan fingerprint density at radius 3 is 1.68 bits per heavy atom. The second kappa shape index (κ2) is 8.48. The van der Waals surface area contributed by atoms with Gasteiger partial charge in [-0.2, -0.15) is 0 Å². The Bertz CT molecular complexity index is 358. The molecule has 0 aromatic carbocycles. The minimum absolute atomic E-state index is 0.00267. The van der Waals surface area contributed by atoms with E-state index in [4.69, 9.17) is 0 Å². The van der Waals surface area contributed by atoms with Gasteiger partial charge in [-0.25, -0.2) is 0 Å². The van der Waals surface area contributed by atoms with E-state index in [0.29, 0.717) is 12.1 Å². The van der Waals surface area contributed by atoms with Crippen LogP contribution in [0.25, 0.3) is 0 Å². The number of carbonyl (C=O) groups is 1. The summed E-state index contributed by atoms with van der Waals surface area (Å²) >= 11 is 0. The highest BCUT2D eigenvalue weighted by Gasteiger charge is 2.39. The van der Waals surface area contributed by atoms with E-state index in [-0.39, 0.29) is 5.91 Å². The van der Waals surface area contributed by atoms with Crippen LogP contribution in [0.4, 0.5) is 0 Å². The number of hydrogen-bond donors (Lipinski definition) is 0. The quantitative estimate of drug-likeness (QED) is 0.334. The Balaban J connectivity index is 5.66. The Kier molecular flexibility index (Phi) is 7.76. The van der Waals surface area contributed by atoms with Gasteiger partial charge in [0.15, 0.2) is 8.24 Å². The molecule has 0 heterocycles. The maximum Gasteiger partial charge on any atom is 0.241 e. The van der Waals surface area contributed by atoms with Gasteiger partial charge >= 0.3 is 0 Å². The average Bonchev–Trinajstić information content (AvgIpc) is 2.35. The average molecular weight is 275 g/mol. The lowest BCUT2D eigenvalue weighted by atomic mass is 10.3. The Labute approximate surface area is 118 Å². The number of amides is 1. The van der Waals surface area contributed by atoms with Crippen molar-refractivity contribution in [2.45, 2.75) is 25.1 Å². The maximum atomic E-state index is 12.4. The SMILES string of the molecule is C=CCN(C(=O)C(=C)C)[Si](CC=C)(CC=C)CC=C. The third kappa shape index (κ3) is 4.52. The van der Waals surface area contributed by atoms with Gasteiger partial charge in [-0.1, -0.05) is 30.9 Å². The molecule has 0 unspecified atom stereocenters. The number of nitrogens with zero attached hydrogens (tertiary/aromatic N) is 1. The van der Waals surface area contributed by atoms with Gasteiger partial charge < -0.3 is 4.57 Å². The molecule has 0 spiro atoms. The molecule has 0 saturated heterocycles. The highest BCUT2D eigenvalue weighted by molar-refractivity contribution is 6.80. The zero-order chi connectivity index (χ0) is 14.9. The number of rotatable bonds is 10. The summed E-state index contributed by atoms with van der Waals surface area (Å²) in [5, 5.41) is 0. The van der Waals surface area contributed by atoms with Crippen molar-refractivity contribution in [1.29, 1.82) is 0 Å². The van der Waals surface area contributed by atoms with Crippen molar-refractivity contribution in [1.82, 2.24) is 4.57 Å². The summed E-state index contributed by atoms with van der Waals surface area (Å²) in [7, 11) is -2.07. The fraction of sp³-hybridized carbons (Fsp3) is 0.312. The normalized spacial score (nSPS) is 10.4. The monoisotopic (exact) mass is 275 g/mol. The molecule has 0 aromatic rings. The first kappa shape index (κ1) is 17.4. The lowest BCUT2D eigenvalue weighted by Crippen LogP contribution is -2.55. The highest BCUT2D eigenvalue weighted by atomic mass is 28.3. The Hall–Kier alpha value is -1.61. The molecule has 0 bridgehead atoms. The number of carbonyl (C=O) groups excluding carboxylic acids is 1. The van der Waals surface area contributed by atoms with Crippen LogP contribution in [0.3, 0.4) is 0 Å². The van der Waals surface area contributed by atoms with E-state index in [9.17, 15) is 4.79 Å². The summed E-state index contributed by atoms with van der Waals surface area (Å²) < 4.78 is 1.94. The van der Waals surface area contributed by atoms with Crippen LogP contribution in [0.5, 0.6) is 0 Å². The maximum absolute atomic E-state index is 12.4. The van der Waals surface area contributed by atoms with Crippen LogP contribution in [0.1, 0.15) is 6.92 Å². The summed E-state index contributed by atoms with van der Waals surface area (Å²) in [6.07, 6.45) is 7.43. The van der Waals surface area contributed by atoms with Crippen LogP contribution >= 0.6 is 0 Å². The third-order valence-corrected chi connectivity index (χ3v) is 7.74. The van der Waals surface area contributed by atoms with Crippen LogP contribution in [0.2, 0.25) is 18.1 Å². The number of allylic oxidation sites excluding steroid dienone is 3. The van der Waals surface area contributed by atoms with Gasteiger partial charge in [0.05, 0.1) is 0 Å². The molecule has 0 N–H and O–H groups in total. The van der Waals surface area contributed by atoms with Gasteiger partial charge in [0, 0.05) is 12.1 Å². The van der Waals surface area contributed by atoms with Gasteiger partial charge in [-0.15, -0.1) is 26.3 Å². The third-order valence-electron chi connectivity index (χ3n) is 3.07. The molecule has 0 radical (unpaired) electrons. The predicted molar refractivity (Wildman–Crippen MR) is 87.5 cm³/mol. The van der Waals surface area contributed by atoms with Crippen molar-refractivity contribution in [2.75, 3.05) is 6.54 Å². The molecule has 104 valence electrons. The van der Waals surface area contributed by atoms with Gasteiger partial charge in [0.2, 0.25) is 5.91 Å². The van der Waals surface area contributed by atoms with Crippen LogP contribution < -0.4 is 0 Å². The van der Waals surface area contributed by atoms with Crippen LogP contribution in [0.15, 0.2) is 62.8 Å². The van der Waals surface area contributed by atoms with Crippen molar-refractivity contribution < 1.29 is 4.79 Å². The van der Waals surface area contributed by atoms with Gasteiger partial charge in [0.1, 0.15) is 0 Å². The van der Waals surface area contributed by atoms with Crippen LogP contribution in [-0.2, 0) is 4.79 Å². The van der Waals surface area contributed by atoms with E-state index in [2.05, 4.69) is 32.9 Å². The molecule has 0 aliphatic carbocycles. The fourth-order valence-electron chi connectivity index (χ4n) is 2.24. The van der Waals surface area contributed by atoms with Crippen molar-refractivity contribution in [3.05, 3.63) is 62.8 Å². The van der Waals surface area contributed by atoms with E-state index in [1.54, 1.807) is 13.0 Å². The van der Waals surface area contributed by atoms with Gasteiger partial charge in [-0.3, -0.25) is 4.79 Å². The zero-order valence-electron chi connectivity index (χ0n) is 12.0. The molecule has 0 rings (SSSR count). The molecule has 0 aromatic heterocycles. The number of hydrogen-bond acceptors (Lipinski definition) is 1. The topological polar surface area (TPSA) is 20.3 Å². The molecule has 0 atom stereocenters.